The second kappa shape index (κ2) is 9.01. The van der Waals surface area contributed by atoms with Crippen molar-refractivity contribution in [2.75, 3.05) is 6.61 Å². The molecule has 0 N–H and O–H groups in total. The predicted molar refractivity (Wildman–Crippen MR) is 141 cm³/mol. The number of nitrogens with zero attached hydrogens (tertiary/aromatic N) is 2. The van der Waals surface area contributed by atoms with Gasteiger partial charge in [0, 0.05) is 11.1 Å². The number of fused-ring (bicyclic) bond motifs is 3. The highest BCUT2D eigenvalue weighted by Gasteiger charge is 2.32. The molecular formula is C30H24N2O2S. The zero-order chi connectivity index (χ0) is 23.8. The maximum absolute atomic E-state index is 13.8. The van der Waals surface area contributed by atoms with Crippen molar-refractivity contribution >= 4 is 23.1 Å². The number of para-hydroxylation sites is 1. The van der Waals surface area contributed by atoms with Gasteiger partial charge in [0.2, 0.25) is 0 Å². The van der Waals surface area contributed by atoms with Crippen LogP contribution in [0.2, 0.25) is 0 Å². The third-order valence-electron chi connectivity index (χ3n) is 6.55. The number of rotatable bonds is 5. The SMILES string of the molecule is C=CCOc1ccccc1C=c1sc2n(c1=O)C(c1ccccc1)C1=C(N=2)c2ccccc2CC1. The molecule has 0 saturated heterocycles. The highest BCUT2D eigenvalue weighted by molar-refractivity contribution is 7.07. The summed E-state index contributed by atoms with van der Waals surface area (Å²) in [7, 11) is 0. The summed E-state index contributed by atoms with van der Waals surface area (Å²) >= 11 is 1.44. The van der Waals surface area contributed by atoms with E-state index in [9.17, 15) is 4.79 Å². The van der Waals surface area contributed by atoms with Gasteiger partial charge in [-0.15, -0.1) is 0 Å². The standard InChI is InChI=1S/C30H24N2O2S/c1-2-18-34-25-15-9-7-13-22(25)19-26-29(33)32-28(21-11-4-3-5-12-21)24-17-16-20-10-6-8-14-23(20)27(24)31-30(32)35-26/h2-15,19,28H,1,16-18H2. The molecule has 6 rings (SSSR count). The summed E-state index contributed by atoms with van der Waals surface area (Å²) in [5.74, 6) is 0.728. The van der Waals surface area contributed by atoms with Crippen molar-refractivity contribution in [2.45, 2.75) is 18.9 Å². The summed E-state index contributed by atoms with van der Waals surface area (Å²) < 4.78 is 8.35. The minimum atomic E-state index is -0.162. The highest BCUT2D eigenvalue weighted by atomic mass is 32.1. The fraction of sp³-hybridized carbons (Fsp3) is 0.133. The summed E-state index contributed by atoms with van der Waals surface area (Å²) in [4.78, 5) is 19.7. The molecule has 3 aromatic carbocycles. The van der Waals surface area contributed by atoms with Gasteiger partial charge in [0.25, 0.3) is 5.56 Å². The largest absolute Gasteiger partial charge is 0.489 e. The molecule has 1 unspecified atom stereocenters. The monoisotopic (exact) mass is 476 g/mol. The predicted octanol–water partition coefficient (Wildman–Crippen LogP) is 4.88. The van der Waals surface area contributed by atoms with E-state index in [1.165, 1.54) is 28.0 Å². The lowest BCUT2D eigenvalue weighted by molar-refractivity contribution is 0.362. The van der Waals surface area contributed by atoms with E-state index in [-0.39, 0.29) is 11.6 Å². The van der Waals surface area contributed by atoms with Gasteiger partial charge >= 0.3 is 0 Å². The molecule has 35 heavy (non-hydrogen) atoms. The molecule has 0 spiro atoms. The van der Waals surface area contributed by atoms with E-state index in [1.54, 1.807) is 6.08 Å². The summed E-state index contributed by atoms with van der Waals surface area (Å²) in [5.41, 5.74) is 6.67. The number of thiazole rings is 1. The molecule has 0 bridgehead atoms. The van der Waals surface area contributed by atoms with Gasteiger partial charge in [-0.25, -0.2) is 4.99 Å². The van der Waals surface area contributed by atoms with Crippen molar-refractivity contribution < 1.29 is 4.74 Å². The second-order valence-corrected chi connectivity index (χ2v) is 9.67. The van der Waals surface area contributed by atoms with Crippen LogP contribution in [0.25, 0.3) is 11.8 Å². The van der Waals surface area contributed by atoms with Crippen LogP contribution >= 0.6 is 11.3 Å². The Bertz CT molecular complexity index is 1640. The van der Waals surface area contributed by atoms with E-state index < -0.39 is 0 Å². The molecule has 172 valence electrons. The fourth-order valence-electron chi connectivity index (χ4n) is 4.98. The van der Waals surface area contributed by atoms with E-state index in [0.717, 1.165) is 40.2 Å². The Balaban J connectivity index is 1.58. The van der Waals surface area contributed by atoms with Gasteiger partial charge < -0.3 is 4.74 Å². The lowest BCUT2D eigenvalue weighted by atomic mass is 9.83. The van der Waals surface area contributed by atoms with Crippen LogP contribution < -0.4 is 19.6 Å². The Kier molecular flexibility index (Phi) is 5.55. The maximum Gasteiger partial charge on any atom is 0.271 e. The Morgan fingerprint density at radius 3 is 2.63 bits per heavy atom. The van der Waals surface area contributed by atoms with Crippen LogP contribution in [0.4, 0.5) is 0 Å². The quantitative estimate of drug-likeness (QED) is 0.385. The van der Waals surface area contributed by atoms with Gasteiger partial charge in [0.05, 0.1) is 16.3 Å². The molecule has 4 nitrogen and oxygen atoms in total. The first-order chi connectivity index (χ1) is 17.2. The average Bonchev–Trinajstić information content (AvgIpc) is 3.21. The van der Waals surface area contributed by atoms with Gasteiger partial charge in [-0.3, -0.25) is 9.36 Å². The zero-order valence-corrected chi connectivity index (χ0v) is 20.0. The Labute approximate surface area is 207 Å². The van der Waals surface area contributed by atoms with Crippen molar-refractivity contribution in [3.63, 3.8) is 0 Å². The lowest BCUT2D eigenvalue weighted by Gasteiger charge is -2.30. The van der Waals surface area contributed by atoms with E-state index in [0.29, 0.717) is 11.1 Å². The third kappa shape index (κ3) is 3.78. The van der Waals surface area contributed by atoms with Crippen LogP contribution in [0, 0.1) is 0 Å². The van der Waals surface area contributed by atoms with Crippen LogP contribution in [-0.4, -0.2) is 11.2 Å². The summed E-state index contributed by atoms with van der Waals surface area (Å²) in [6, 6.07) is 26.4. The summed E-state index contributed by atoms with van der Waals surface area (Å²) in [6.07, 6.45) is 5.47. The van der Waals surface area contributed by atoms with Gasteiger partial charge in [-0.2, -0.15) is 0 Å². The molecule has 1 aliphatic carbocycles. The van der Waals surface area contributed by atoms with Crippen LogP contribution in [0.1, 0.15) is 34.7 Å². The molecule has 5 heteroatoms. The van der Waals surface area contributed by atoms with Crippen molar-refractivity contribution in [1.82, 2.24) is 4.57 Å². The molecule has 0 fully saturated rings. The smallest absolute Gasteiger partial charge is 0.271 e. The zero-order valence-electron chi connectivity index (χ0n) is 19.2. The number of ether oxygens (including phenoxy) is 1. The number of hydrogen-bond donors (Lipinski definition) is 0. The van der Waals surface area contributed by atoms with Crippen LogP contribution in [0.5, 0.6) is 5.75 Å². The lowest BCUT2D eigenvalue weighted by Crippen LogP contribution is -2.38. The molecule has 1 aromatic heterocycles. The first kappa shape index (κ1) is 21.6. The summed E-state index contributed by atoms with van der Waals surface area (Å²) in [6.45, 7) is 4.14. The molecular weight excluding hydrogens is 452 g/mol. The molecule has 1 atom stereocenters. The Hall–Kier alpha value is -3.96. The third-order valence-corrected chi connectivity index (χ3v) is 7.53. The summed E-state index contributed by atoms with van der Waals surface area (Å²) in [5, 5.41) is 0. The fourth-order valence-corrected chi connectivity index (χ4v) is 5.97. The minimum Gasteiger partial charge on any atom is -0.489 e. The van der Waals surface area contributed by atoms with Crippen LogP contribution in [0.15, 0.2) is 107 Å². The first-order valence-electron chi connectivity index (χ1n) is 11.8. The second-order valence-electron chi connectivity index (χ2n) is 8.66. The number of hydrogen-bond acceptors (Lipinski definition) is 4. The van der Waals surface area contributed by atoms with Crippen molar-refractivity contribution in [2.24, 2.45) is 4.99 Å². The van der Waals surface area contributed by atoms with E-state index in [2.05, 4.69) is 43.0 Å². The molecule has 0 amide bonds. The van der Waals surface area contributed by atoms with Gasteiger partial charge in [0.15, 0.2) is 4.80 Å². The first-order valence-corrected chi connectivity index (χ1v) is 12.6. The van der Waals surface area contributed by atoms with Gasteiger partial charge in [-0.05, 0) is 41.7 Å². The Morgan fingerprint density at radius 1 is 1.00 bits per heavy atom. The Morgan fingerprint density at radius 2 is 1.77 bits per heavy atom. The van der Waals surface area contributed by atoms with E-state index >= 15 is 0 Å². The topological polar surface area (TPSA) is 43.6 Å². The van der Waals surface area contributed by atoms with Crippen LogP contribution in [0.3, 0.4) is 0 Å². The van der Waals surface area contributed by atoms with Crippen molar-refractivity contribution in [3.05, 3.63) is 139 Å². The number of benzene rings is 3. The number of allylic oxidation sites excluding steroid dienone is 1. The highest BCUT2D eigenvalue weighted by Crippen LogP contribution is 2.41. The molecule has 4 aromatic rings. The molecule has 1 aliphatic heterocycles. The average molecular weight is 477 g/mol. The normalized spacial score (nSPS) is 16.7. The van der Waals surface area contributed by atoms with Gasteiger partial charge in [0.1, 0.15) is 12.4 Å². The van der Waals surface area contributed by atoms with Crippen molar-refractivity contribution in [3.8, 4) is 5.75 Å². The molecule has 0 saturated carbocycles. The molecule has 2 heterocycles. The minimum absolute atomic E-state index is 0.0217. The van der Waals surface area contributed by atoms with Crippen LogP contribution in [-0.2, 0) is 6.42 Å². The molecule has 0 radical (unpaired) electrons. The van der Waals surface area contributed by atoms with E-state index in [1.807, 2.05) is 53.1 Å². The number of aryl methyl sites for hydroxylation is 1. The van der Waals surface area contributed by atoms with Gasteiger partial charge in [-0.1, -0.05) is 96.8 Å². The van der Waals surface area contributed by atoms with Crippen molar-refractivity contribution in [1.29, 1.82) is 0 Å². The molecule has 2 aliphatic rings. The van der Waals surface area contributed by atoms with E-state index in [4.69, 9.17) is 9.73 Å². The number of aromatic nitrogens is 1. The maximum atomic E-state index is 13.8.